The summed E-state index contributed by atoms with van der Waals surface area (Å²) in [6.45, 7) is 4.70. The summed E-state index contributed by atoms with van der Waals surface area (Å²) in [7, 11) is 0. The molecule has 1 nitrogen and oxygen atoms in total. The SMILES string of the molecule is CC1(C)c2ccccc2-c2cc(N(c3ccc(-c4cccc5ccccc45)cc3)c3ccc4ccc5c6ccccc6sc5c4c3)ccc21. The van der Waals surface area contributed by atoms with E-state index >= 15 is 0 Å². The van der Waals surface area contributed by atoms with Gasteiger partial charge in [-0.25, -0.2) is 0 Å². The molecule has 0 spiro atoms. The first-order valence-electron chi connectivity index (χ1n) is 17.0. The Hall–Kier alpha value is -5.70. The first-order valence-corrected chi connectivity index (χ1v) is 17.8. The second kappa shape index (κ2) is 10.7. The van der Waals surface area contributed by atoms with Gasteiger partial charge < -0.3 is 4.90 Å². The molecule has 0 unspecified atom stereocenters. The molecule has 0 aliphatic heterocycles. The van der Waals surface area contributed by atoms with Crippen molar-refractivity contribution >= 4 is 70.1 Å². The molecular formula is C47H33NS. The van der Waals surface area contributed by atoms with Gasteiger partial charge in [0.05, 0.1) is 0 Å². The molecule has 232 valence electrons. The van der Waals surface area contributed by atoms with Crippen molar-refractivity contribution < 1.29 is 0 Å². The van der Waals surface area contributed by atoms with Gasteiger partial charge in [0.1, 0.15) is 0 Å². The lowest BCUT2D eigenvalue weighted by atomic mass is 9.82. The standard InChI is InChI=1S/C47H33NS/c1-47(2)43-16-7-5-13-38(43)42-29-35(25-27-44(42)47)48(33-22-18-31(19-23-33)37-15-9-11-30-10-3-4-12-36(30)37)34-24-20-32-21-26-40-39-14-6-8-17-45(39)49-46(40)41(32)28-34/h3-29H,1-2H3. The van der Waals surface area contributed by atoms with Crippen LogP contribution in [0.25, 0.3) is 64.0 Å². The predicted molar refractivity (Wildman–Crippen MR) is 212 cm³/mol. The number of nitrogens with zero attached hydrogens (tertiary/aromatic N) is 1. The number of anilines is 3. The highest BCUT2D eigenvalue weighted by atomic mass is 32.1. The van der Waals surface area contributed by atoms with E-state index in [4.69, 9.17) is 0 Å². The molecule has 1 aliphatic rings. The monoisotopic (exact) mass is 643 g/mol. The highest BCUT2D eigenvalue weighted by Crippen LogP contribution is 2.51. The van der Waals surface area contributed by atoms with Crippen LogP contribution in [0.1, 0.15) is 25.0 Å². The number of fused-ring (bicyclic) bond motifs is 9. The molecule has 2 heteroatoms. The Morgan fingerprint density at radius 2 is 1.06 bits per heavy atom. The van der Waals surface area contributed by atoms with Crippen LogP contribution in [0.15, 0.2) is 164 Å². The van der Waals surface area contributed by atoms with E-state index in [0.717, 1.165) is 17.1 Å². The maximum absolute atomic E-state index is 2.44. The van der Waals surface area contributed by atoms with Crippen molar-refractivity contribution in [1.29, 1.82) is 0 Å². The molecule has 1 heterocycles. The molecule has 0 N–H and O–H groups in total. The Labute approximate surface area is 290 Å². The minimum absolute atomic E-state index is 0.0366. The molecule has 9 aromatic rings. The van der Waals surface area contributed by atoms with Crippen molar-refractivity contribution in [1.82, 2.24) is 0 Å². The summed E-state index contributed by atoms with van der Waals surface area (Å²) in [6.07, 6.45) is 0. The molecule has 0 saturated carbocycles. The van der Waals surface area contributed by atoms with Crippen molar-refractivity contribution in [2.75, 3.05) is 4.90 Å². The molecule has 1 aromatic heterocycles. The Morgan fingerprint density at radius 1 is 0.429 bits per heavy atom. The lowest BCUT2D eigenvalue weighted by molar-refractivity contribution is 0.660. The zero-order chi connectivity index (χ0) is 32.7. The minimum Gasteiger partial charge on any atom is -0.310 e. The number of hydrogen-bond acceptors (Lipinski definition) is 2. The van der Waals surface area contributed by atoms with Crippen LogP contribution in [0.4, 0.5) is 17.1 Å². The second-order valence-electron chi connectivity index (χ2n) is 13.8. The number of thiophene rings is 1. The van der Waals surface area contributed by atoms with Crippen molar-refractivity contribution in [3.8, 4) is 22.3 Å². The van der Waals surface area contributed by atoms with Gasteiger partial charge in [0.2, 0.25) is 0 Å². The zero-order valence-corrected chi connectivity index (χ0v) is 28.3. The molecule has 0 atom stereocenters. The normalized spacial score (nSPS) is 13.3. The fourth-order valence-corrected chi connectivity index (χ4v) is 9.42. The average Bonchev–Trinajstić information content (AvgIpc) is 3.64. The fourth-order valence-electron chi connectivity index (χ4n) is 8.19. The van der Waals surface area contributed by atoms with Crippen LogP contribution < -0.4 is 4.90 Å². The van der Waals surface area contributed by atoms with Gasteiger partial charge >= 0.3 is 0 Å². The van der Waals surface area contributed by atoms with E-state index in [2.05, 4.69) is 183 Å². The third kappa shape index (κ3) is 4.31. The second-order valence-corrected chi connectivity index (χ2v) is 14.8. The van der Waals surface area contributed by atoms with Crippen LogP contribution in [0.5, 0.6) is 0 Å². The molecule has 8 aromatic carbocycles. The smallest absolute Gasteiger partial charge is 0.0468 e. The summed E-state index contributed by atoms with van der Waals surface area (Å²) in [5.41, 5.74) is 11.3. The van der Waals surface area contributed by atoms with Gasteiger partial charge in [-0.3, -0.25) is 0 Å². The van der Waals surface area contributed by atoms with Gasteiger partial charge in [-0.15, -0.1) is 11.3 Å². The summed E-state index contributed by atoms with van der Waals surface area (Å²) < 4.78 is 2.67. The molecule has 0 bridgehead atoms. The first-order chi connectivity index (χ1) is 24.0. The lowest BCUT2D eigenvalue weighted by Gasteiger charge is -2.27. The van der Waals surface area contributed by atoms with Gasteiger partial charge in [-0.1, -0.05) is 135 Å². The highest BCUT2D eigenvalue weighted by molar-refractivity contribution is 7.26. The maximum atomic E-state index is 2.44. The third-order valence-corrected chi connectivity index (χ3v) is 11.9. The summed E-state index contributed by atoms with van der Waals surface area (Å²) in [5, 5.41) is 7.75. The van der Waals surface area contributed by atoms with E-state index in [0.29, 0.717) is 0 Å². The van der Waals surface area contributed by atoms with Crippen LogP contribution in [-0.2, 0) is 5.41 Å². The van der Waals surface area contributed by atoms with Crippen molar-refractivity contribution in [2.45, 2.75) is 19.3 Å². The molecular weight excluding hydrogens is 611 g/mol. The van der Waals surface area contributed by atoms with Crippen molar-refractivity contribution in [2.24, 2.45) is 0 Å². The summed E-state index contributed by atoms with van der Waals surface area (Å²) >= 11 is 1.89. The number of rotatable bonds is 4. The number of benzene rings is 8. The molecule has 49 heavy (non-hydrogen) atoms. The molecule has 0 amide bonds. The molecule has 0 saturated heterocycles. The van der Waals surface area contributed by atoms with E-state index in [9.17, 15) is 0 Å². The van der Waals surface area contributed by atoms with E-state index in [1.54, 1.807) is 0 Å². The maximum Gasteiger partial charge on any atom is 0.0468 e. The van der Waals surface area contributed by atoms with Crippen LogP contribution in [0.2, 0.25) is 0 Å². The molecule has 10 rings (SSSR count). The van der Waals surface area contributed by atoms with Gasteiger partial charge in [-0.05, 0) is 92.0 Å². The van der Waals surface area contributed by atoms with Crippen LogP contribution in [0.3, 0.4) is 0 Å². The Morgan fingerprint density at radius 3 is 1.96 bits per heavy atom. The molecule has 0 fully saturated rings. The summed E-state index contributed by atoms with van der Waals surface area (Å²) in [5.74, 6) is 0. The van der Waals surface area contributed by atoms with Gasteiger partial charge in [0.15, 0.2) is 0 Å². The minimum atomic E-state index is -0.0366. The van der Waals surface area contributed by atoms with Crippen LogP contribution >= 0.6 is 11.3 Å². The van der Waals surface area contributed by atoms with Crippen molar-refractivity contribution in [3.63, 3.8) is 0 Å². The van der Waals surface area contributed by atoms with Gasteiger partial charge in [0, 0.05) is 48.0 Å². The number of hydrogen-bond donors (Lipinski definition) is 0. The first kappa shape index (κ1) is 28.3. The Bertz CT molecular complexity index is 2740. The van der Waals surface area contributed by atoms with Gasteiger partial charge in [-0.2, -0.15) is 0 Å². The fraction of sp³-hybridized carbons (Fsp3) is 0.0638. The van der Waals surface area contributed by atoms with Crippen LogP contribution in [0, 0.1) is 0 Å². The topological polar surface area (TPSA) is 3.24 Å². The van der Waals surface area contributed by atoms with E-state index in [-0.39, 0.29) is 5.41 Å². The van der Waals surface area contributed by atoms with E-state index in [1.165, 1.54) is 75.1 Å². The van der Waals surface area contributed by atoms with Crippen LogP contribution in [-0.4, -0.2) is 0 Å². The third-order valence-electron chi connectivity index (χ3n) is 10.7. The Balaban J connectivity index is 1.18. The highest BCUT2D eigenvalue weighted by Gasteiger charge is 2.35. The quantitative estimate of drug-likeness (QED) is 0.184. The predicted octanol–water partition coefficient (Wildman–Crippen LogP) is 13.8. The lowest BCUT2D eigenvalue weighted by Crippen LogP contribution is -2.15. The van der Waals surface area contributed by atoms with Crippen molar-refractivity contribution in [3.05, 3.63) is 175 Å². The Kier molecular flexibility index (Phi) is 6.16. The molecule has 0 radical (unpaired) electrons. The zero-order valence-electron chi connectivity index (χ0n) is 27.4. The molecule has 1 aliphatic carbocycles. The summed E-state index contributed by atoms with van der Waals surface area (Å²) in [6, 6.07) is 60.7. The van der Waals surface area contributed by atoms with E-state index in [1.807, 2.05) is 11.3 Å². The van der Waals surface area contributed by atoms with E-state index < -0.39 is 0 Å². The summed E-state index contributed by atoms with van der Waals surface area (Å²) in [4.78, 5) is 2.44. The van der Waals surface area contributed by atoms with Gasteiger partial charge in [0.25, 0.3) is 0 Å². The average molecular weight is 644 g/mol. The largest absolute Gasteiger partial charge is 0.310 e.